The first-order chi connectivity index (χ1) is 6.27. The first-order valence-electron chi connectivity index (χ1n) is 3.92. The van der Waals surface area contributed by atoms with Crippen LogP contribution in [0.5, 0.6) is 0 Å². The average molecular weight is 171 g/mol. The second-order valence-electron chi connectivity index (χ2n) is 2.76. The monoisotopic (exact) mass is 171 g/mol. The van der Waals surface area contributed by atoms with E-state index in [1.54, 1.807) is 12.1 Å². The maximum Gasteiger partial charge on any atom is 0.336 e. The second-order valence-corrected chi connectivity index (χ2v) is 2.76. The molecule has 2 rings (SSSR count). The second kappa shape index (κ2) is 2.90. The predicted octanol–water partition coefficient (Wildman–Crippen LogP) is 2.34. The van der Waals surface area contributed by atoms with Gasteiger partial charge in [-0.25, -0.2) is 4.79 Å². The third-order valence-electron chi connectivity index (χ3n) is 1.89. The van der Waals surface area contributed by atoms with Gasteiger partial charge in [-0.2, -0.15) is 0 Å². The maximum atomic E-state index is 10.6. The summed E-state index contributed by atoms with van der Waals surface area (Å²) in [5.41, 5.74) is 0.207. The van der Waals surface area contributed by atoms with E-state index >= 15 is 0 Å². The smallest absolute Gasteiger partial charge is 0.336 e. The number of benzene rings is 2. The van der Waals surface area contributed by atoms with Crippen LogP contribution < -0.4 is 0 Å². The lowest BCUT2D eigenvalue weighted by Gasteiger charge is -1.97. The quantitative estimate of drug-likeness (QED) is 0.715. The number of aromatic carboxylic acids is 1. The van der Waals surface area contributed by atoms with Crippen molar-refractivity contribution in [1.82, 2.24) is 0 Å². The van der Waals surface area contributed by atoms with Crippen LogP contribution in [0.25, 0.3) is 10.8 Å². The number of rotatable bonds is 1. The number of carboxylic acid groups (broad SMARTS) is 1. The molecular formula is C11H7O2. The molecule has 0 saturated carbocycles. The van der Waals surface area contributed by atoms with Gasteiger partial charge in [0.25, 0.3) is 0 Å². The summed E-state index contributed by atoms with van der Waals surface area (Å²) >= 11 is 0. The highest BCUT2D eigenvalue weighted by molar-refractivity contribution is 5.93. The lowest BCUT2D eigenvalue weighted by molar-refractivity contribution is 0.0696. The Morgan fingerprint density at radius 2 is 1.92 bits per heavy atom. The molecule has 0 saturated heterocycles. The van der Waals surface area contributed by atoms with Crippen LogP contribution >= 0.6 is 0 Å². The first kappa shape index (κ1) is 7.80. The molecule has 0 atom stereocenters. The van der Waals surface area contributed by atoms with Gasteiger partial charge < -0.3 is 5.11 Å². The Bertz CT molecular complexity index is 460. The summed E-state index contributed by atoms with van der Waals surface area (Å²) in [7, 11) is 0. The molecule has 0 heterocycles. The molecule has 2 heteroatoms. The van der Waals surface area contributed by atoms with Crippen LogP contribution in [0.15, 0.2) is 36.4 Å². The van der Waals surface area contributed by atoms with E-state index in [0.717, 1.165) is 10.8 Å². The van der Waals surface area contributed by atoms with Gasteiger partial charge >= 0.3 is 5.97 Å². The van der Waals surface area contributed by atoms with Crippen molar-refractivity contribution < 1.29 is 9.90 Å². The summed E-state index contributed by atoms with van der Waals surface area (Å²) in [4.78, 5) is 10.6. The molecule has 2 nitrogen and oxygen atoms in total. The van der Waals surface area contributed by atoms with Gasteiger partial charge in [-0.1, -0.05) is 30.3 Å². The van der Waals surface area contributed by atoms with Gasteiger partial charge in [0, 0.05) is 6.07 Å². The third kappa shape index (κ3) is 1.38. The summed E-state index contributed by atoms with van der Waals surface area (Å²) < 4.78 is 0. The van der Waals surface area contributed by atoms with Crippen molar-refractivity contribution >= 4 is 16.7 Å². The van der Waals surface area contributed by atoms with Crippen molar-refractivity contribution in [1.29, 1.82) is 0 Å². The number of carboxylic acids is 1. The minimum absolute atomic E-state index is 0.207. The van der Waals surface area contributed by atoms with E-state index in [0.29, 0.717) is 0 Å². The van der Waals surface area contributed by atoms with Gasteiger partial charge in [0.15, 0.2) is 0 Å². The van der Waals surface area contributed by atoms with Crippen LogP contribution in [0.4, 0.5) is 0 Å². The van der Waals surface area contributed by atoms with Crippen LogP contribution in [0.1, 0.15) is 10.4 Å². The molecule has 63 valence electrons. The number of hydrogen-bond acceptors (Lipinski definition) is 1. The Morgan fingerprint density at radius 1 is 1.15 bits per heavy atom. The minimum atomic E-state index is -0.939. The molecule has 1 N–H and O–H groups in total. The molecule has 0 fully saturated rings. The van der Waals surface area contributed by atoms with E-state index in [1.165, 1.54) is 0 Å². The summed E-state index contributed by atoms with van der Waals surface area (Å²) in [6.07, 6.45) is 0. The zero-order valence-corrected chi connectivity index (χ0v) is 6.82. The van der Waals surface area contributed by atoms with E-state index in [2.05, 4.69) is 6.07 Å². The fourth-order valence-corrected chi connectivity index (χ4v) is 1.24. The van der Waals surface area contributed by atoms with E-state index in [-0.39, 0.29) is 5.56 Å². The Balaban J connectivity index is 2.69. The van der Waals surface area contributed by atoms with Gasteiger partial charge in [0.2, 0.25) is 0 Å². The van der Waals surface area contributed by atoms with Gasteiger partial charge in [-0.15, -0.1) is 0 Å². The molecule has 0 aliphatic heterocycles. The van der Waals surface area contributed by atoms with Crippen LogP contribution in [0, 0.1) is 6.07 Å². The maximum absolute atomic E-state index is 10.6. The zero-order valence-electron chi connectivity index (χ0n) is 6.82. The largest absolute Gasteiger partial charge is 0.478 e. The molecule has 1 radical (unpaired) electrons. The summed E-state index contributed by atoms with van der Waals surface area (Å²) in [5, 5.41) is 10.6. The van der Waals surface area contributed by atoms with Gasteiger partial charge in [0.05, 0.1) is 5.56 Å². The summed E-state index contributed by atoms with van der Waals surface area (Å²) in [6, 6.07) is 13.7. The summed E-state index contributed by atoms with van der Waals surface area (Å²) in [6.45, 7) is 0. The topological polar surface area (TPSA) is 37.3 Å². The van der Waals surface area contributed by atoms with Crippen LogP contribution in [0.3, 0.4) is 0 Å². The minimum Gasteiger partial charge on any atom is -0.478 e. The molecule has 2 aromatic rings. The van der Waals surface area contributed by atoms with Crippen molar-refractivity contribution in [2.75, 3.05) is 0 Å². The Kier molecular flexibility index (Phi) is 1.74. The Labute approximate surface area is 75.4 Å². The molecule has 0 spiro atoms. The van der Waals surface area contributed by atoms with Gasteiger partial charge in [0.1, 0.15) is 0 Å². The fraction of sp³-hybridized carbons (Fsp3) is 0. The number of carbonyl (C=O) groups is 1. The molecule has 13 heavy (non-hydrogen) atoms. The van der Waals surface area contributed by atoms with E-state index in [4.69, 9.17) is 5.11 Å². The molecule has 0 aromatic heterocycles. The highest BCUT2D eigenvalue weighted by Gasteiger charge is 2.02. The van der Waals surface area contributed by atoms with Crippen LogP contribution in [0.2, 0.25) is 0 Å². The van der Waals surface area contributed by atoms with Crippen molar-refractivity contribution in [3.8, 4) is 0 Å². The van der Waals surface area contributed by atoms with Crippen molar-refractivity contribution in [3.63, 3.8) is 0 Å². The highest BCUT2D eigenvalue weighted by atomic mass is 16.4. The van der Waals surface area contributed by atoms with Crippen molar-refractivity contribution in [2.24, 2.45) is 0 Å². The standard InChI is InChI=1S/C11H7O2/c12-11(13)10-6-5-8-3-1-2-4-9(8)7-10/h1-6H,(H,12,13). The first-order valence-corrected chi connectivity index (χ1v) is 3.92. The summed E-state index contributed by atoms with van der Waals surface area (Å²) in [5.74, 6) is -0.939. The van der Waals surface area contributed by atoms with Gasteiger partial charge in [-0.3, -0.25) is 0 Å². The lowest BCUT2D eigenvalue weighted by atomic mass is 10.1. The normalized spacial score (nSPS) is 10.2. The molecule has 0 amide bonds. The average Bonchev–Trinajstić information content (AvgIpc) is 2.17. The van der Waals surface area contributed by atoms with E-state index in [9.17, 15) is 4.79 Å². The fourth-order valence-electron chi connectivity index (χ4n) is 1.24. The van der Waals surface area contributed by atoms with Crippen molar-refractivity contribution in [3.05, 3.63) is 48.0 Å². The Hall–Kier alpha value is -1.83. The SMILES string of the molecule is O=C(O)c1[c]c2ccccc2cc1. The predicted molar refractivity (Wildman–Crippen MR) is 49.7 cm³/mol. The van der Waals surface area contributed by atoms with Crippen LogP contribution in [-0.2, 0) is 0 Å². The number of hydrogen-bond donors (Lipinski definition) is 1. The molecule has 0 aliphatic carbocycles. The molecule has 2 aromatic carbocycles. The van der Waals surface area contributed by atoms with E-state index < -0.39 is 5.97 Å². The molecule has 0 aliphatic rings. The zero-order chi connectivity index (χ0) is 9.26. The molecular weight excluding hydrogens is 164 g/mol. The van der Waals surface area contributed by atoms with Crippen molar-refractivity contribution in [2.45, 2.75) is 0 Å². The number of fused-ring (bicyclic) bond motifs is 1. The van der Waals surface area contributed by atoms with E-state index in [1.807, 2.05) is 24.3 Å². The Morgan fingerprint density at radius 3 is 2.69 bits per heavy atom. The lowest BCUT2D eigenvalue weighted by Crippen LogP contribution is -1.95. The van der Waals surface area contributed by atoms with Crippen LogP contribution in [-0.4, -0.2) is 11.1 Å². The molecule has 0 unspecified atom stereocenters. The highest BCUT2D eigenvalue weighted by Crippen LogP contribution is 2.14. The third-order valence-corrected chi connectivity index (χ3v) is 1.89. The molecule has 0 bridgehead atoms. The van der Waals surface area contributed by atoms with Gasteiger partial charge in [-0.05, 0) is 16.8 Å².